The average Bonchev–Trinajstić information content (AvgIpc) is 2.47. The van der Waals surface area contributed by atoms with Crippen LogP contribution in [-0.4, -0.2) is 78.9 Å². The van der Waals surface area contributed by atoms with Crippen LogP contribution in [0.1, 0.15) is 12.8 Å². The third-order valence-electron chi connectivity index (χ3n) is 4.28. The molecule has 0 aromatic heterocycles. The van der Waals surface area contributed by atoms with Gasteiger partial charge in [0, 0.05) is 39.3 Å². The maximum absolute atomic E-state index is 12.6. The lowest BCUT2D eigenvalue weighted by molar-refractivity contribution is -0.180. The Morgan fingerprint density at radius 2 is 1.86 bits per heavy atom. The van der Waals surface area contributed by atoms with E-state index in [9.17, 15) is 18.0 Å². The SMILES string of the molecule is O=C(C1CCC(C(F)(F)F)CN1)N1CCN(CCO)CC1. The van der Waals surface area contributed by atoms with Crippen LogP contribution >= 0.6 is 0 Å². The number of halogens is 3. The van der Waals surface area contributed by atoms with Crippen molar-refractivity contribution in [3.8, 4) is 0 Å². The number of hydrogen-bond donors (Lipinski definition) is 2. The lowest BCUT2D eigenvalue weighted by atomic mass is 9.93. The van der Waals surface area contributed by atoms with Crippen LogP contribution in [0.3, 0.4) is 0 Å². The van der Waals surface area contributed by atoms with E-state index in [0.29, 0.717) is 32.7 Å². The van der Waals surface area contributed by atoms with E-state index in [0.717, 1.165) is 0 Å². The second kappa shape index (κ2) is 6.93. The number of amides is 1. The lowest BCUT2D eigenvalue weighted by Gasteiger charge is -2.38. The molecule has 1 amide bonds. The van der Waals surface area contributed by atoms with E-state index in [4.69, 9.17) is 5.11 Å². The molecule has 0 aliphatic carbocycles. The van der Waals surface area contributed by atoms with Gasteiger partial charge >= 0.3 is 6.18 Å². The number of piperidine rings is 1. The summed E-state index contributed by atoms with van der Waals surface area (Å²) in [6.45, 7) is 3.05. The molecular weight excluding hydrogens is 287 g/mol. The van der Waals surface area contributed by atoms with Gasteiger partial charge in [0.15, 0.2) is 0 Å². The van der Waals surface area contributed by atoms with Crippen molar-refractivity contribution in [2.75, 3.05) is 45.9 Å². The second-order valence-electron chi connectivity index (χ2n) is 5.67. The largest absolute Gasteiger partial charge is 0.395 e. The van der Waals surface area contributed by atoms with Gasteiger partial charge in [0.2, 0.25) is 5.91 Å². The Kier molecular flexibility index (Phi) is 5.45. The summed E-state index contributed by atoms with van der Waals surface area (Å²) in [6, 6.07) is -0.493. The molecule has 0 bridgehead atoms. The van der Waals surface area contributed by atoms with Crippen molar-refractivity contribution in [2.24, 2.45) is 5.92 Å². The number of rotatable bonds is 3. The predicted octanol–water partition coefficient (Wildman–Crippen LogP) is 0.0534. The summed E-state index contributed by atoms with van der Waals surface area (Å²) >= 11 is 0. The monoisotopic (exact) mass is 309 g/mol. The molecule has 21 heavy (non-hydrogen) atoms. The molecule has 2 unspecified atom stereocenters. The quantitative estimate of drug-likeness (QED) is 0.774. The van der Waals surface area contributed by atoms with Gasteiger partial charge in [-0.15, -0.1) is 0 Å². The van der Waals surface area contributed by atoms with Gasteiger partial charge in [0.25, 0.3) is 0 Å². The van der Waals surface area contributed by atoms with E-state index in [1.165, 1.54) is 0 Å². The molecule has 2 fully saturated rings. The van der Waals surface area contributed by atoms with Crippen LogP contribution in [0.15, 0.2) is 0 Å². The fraction of sp³-hybridized carbons (Fsp3) is 0.923. The maximum Gasteiger partial charge on any atom is 0.393 e. The first-order chi connectivity index (χ1) is 9.91. The highest BCUT2D eigenvalue weighted by molar-refractivity contribution is 5.82. The Balaban J connectivity index is 1.78. The van der Waals surface area contributed by atoms with Crippen molar-refractivity contribution in [1.29, 1.82) is 0 Å². The van der Waals surface area contributed by atoms with E-state index in [2.05, 4.69) is 10.2 Å². The van der Waals surface area contributed by atoms with Gasteiger partial charge in [-0.05, 0) is 12.8 Å². The Hall–Kier alpha value is -0.860. The predicted molar refractivity (Wildman–Crippen MR) is 70.7 cm³/mol. The van der Waals surface area contributed by atoms with Crippen LogP contribution in [0.2, 0.25) is 0 Å². The fourth-order valence-corrected chi connectivity index (χ4v) is 2.90. The first kappa shape index (κ1) is 16.5. The number of piperazine rings is 1. The van der Waals surface area contributed by atoms with Crippen molar-refractivity contribution in [3.63, 3.8) is 0 Å². The summed E-state index contributed by atoms with van der Waals surface area (Å²) in [6.07, 6.45) is -3.94. The van der Waals surface area contributed by atoms with Crippen LogP contribution in [0.25, 0.3) is 0 Å². The van der Waals surface area contributed by atoms with Gasteiger partial charge < -0.3 is 15.3 Å². The highest BCUT2D eigenvalue weighted by atomic mass is 19.4. The molecule has 5 nitrogen and oxygen atoms in total. The maximum atomic E-state index is 12.6. The van der Waals surface area contributed by atoms with E-state index in [1.807, 2.05) is 0 Å². The minimum Gasteiger partial charge on any atom is -0.395 e. The zero-order valence-electron chi connectivity index (χ0n) is 11.9. The molecule has 2 aliphatic rings. The fourth-order valence-electron chi connectivity index (χ4n) is 2.90. The molecule has 122 valence electrons. The number of carbonyl (C=O) groups is 1. The summed E-state index contributed by atoms with van der Waals surface area (Å²) in [5, 5.41) is 11.6. The molecule has 2 atom stereocenters. The molecule has 2 rings (SSSR count). The number of alkyl halides is 3. The van der Waals surface area contributed by atoms with Crippen LogP contribution in [0.4, 0.5) is 13.2 Å². The van der Waals surface area contributed by atoms with Crippen molar-refractivity contribution in [2.45, 2.75) is 25.1 Å². The molecule has 0 radical (unpaired) electrons. The molecule has 0 spiro atoms. The van der Waals surface area contributed by atoms with Gasteiger partial charge in [0.05, 0.1) is 18.6 Å². The number of carbonyl (C=O) groups excluding carboxylic acids is 1. The van der Waals surface area contributed by atoms with Crippen LogP contribution in [0.5, 0.6) is 0 Å². The minimum atomic E-state index is -4.18. The molecule has 2 saturated heterocycles. The smallest absolute Gasteiger partial charge is 0.393 e. The molecule has 0 saturated carbocycles. The number of aliphatic hydroxyl groups excluding tert-OH is 1. The zero-order valence-corrected chi connectivity index (χ0v) is 11.9. The van der Waals surface area contributed by atoms with Gasteiger partial charge in [-0.1, -0.05) is 0 Å². The standard InChI is InChI=1S/C13H22F3N3O2/c14-13(15,16)10-1-2-11(17-9-10)12(21)19-5-3-18(4-6-19)7-8-20/h10-11,17,20H,1-9H2. The number of nitrogens with zero attached hydrogens (tertiary/aromatic N) is 2. The molecule has 2 N–H and O–H groups in total. The first-order valence-corrected chi connectivity index (χ1v) is 7.34. The topological polar surface area (TPSA) is 55.8 Å². The minimum absolute atomic E-state index is 0.0113. The third-order valence-corrected chi connectivity index (χ3v) is 4.28. The highest BCUT2D eigenvalue weighted by Gasteiger charge is 2.43. The first-order valence-electron chi connectivity index (χ1n) is 7.34. The zero-order chi connectivity index (χ0) is 15.5. The normalized spacial score (nSPS) is 28.7. The summed E-state index contributed by atoms with van der Waals surface area (Å²) in [7, 11) is 0. The molecule has 2 heterocycles. The van der Waals surface area contributed by atoms with Crippen molar-refractivity contribution in [1.82, 2.24) is 15.1 Å². The van der Waals surface area contributed by atoms with Gasteiger partial charge in [-0.25, -0.2) is 0 Å². The summed E-state index contributed by atoms with van der Waals surface area (Å²) in [5.41, 5.74) is 0. The average molecular weight is 309 g/mol. The van der Waals surface area contributed by atoms with Gasteiger partial charge in [-0.2, -0.15) is 13.2 Å². The molecule has 8 heteroatoms. The molecular formula is C13H22F3N3O2. The van der Waals surface area contributed by atoms with E-state index in [-0.39, 0.29) is 31.9 Å². The number of aliphatic hydroxyl groups is 1. The molecule has 0 aromatic carbocycles. The molecule has 2 aliphatic heterocycles. The number of β-amino-alcohol motifs (C(OH)–C–C–N with tert-alkyl or cyclic N) is 1. The summed E-state index contributed by atoms with van der Waals surface area (Å²) < 4.78 is 37.7. The van der Waals surface area contributed by atoms with Crippen LogP contribution in [0, 0.1) is 5.92 Å². The van der Waals surface area contributed by atoms with Gasteiger partial charge in [-0.3, -0.25) is 9.69 Å². The van der Waals surface area contributed by atoms with Crippen LogP contribution < -0.4 is 5.32 Å². The highest BCUT2D eigenvalue weighted by Crippen LogP contribution is 2.32. The van der Waals surface area contributed by atoms with E-state index in [1.54, 1.807) is 4.90 Å². The second-order valence-corrected chi connectivity index (χ2v) is 5.67. The number of nitrogens with one attached hydrogen (secondary N) is 1. The Morgan fingerprint density at radius 3 is 2.33 bits per heavy atom. The Morgan fingerprint density at radius 1 is 1.19 bits per heavy atom. The van der Waals surface area contributed by atoms with E-state index < -0.39 is 18.1 Å². The molecule has 0 aromatic rings. The number of hydrogen-bond acceptors (Lipinski definition) is 4. The summed E-state index contributed by atoms with van der Waals surface area (Å²) in [5.74, 6) is -1.44. The Bertz CT molecular complexity index is 349. The lowest BCUT2D eigenvalue weighted by Crippen LogP contribution is -2.56. The van der Waals surface area contributed by atoms with Crippen molar-refractivity contribution >= 4 is 5.91 Å². The summed E-state index contributed by atoms with van der Waals surface area (Å²) in [4.78, 5) is 16.1. The van der Waals surface area contributed by atoms with Crippen LogP contribution in [-0.2, 0) is 4.79 Å². The Labute approximate surface area is 122 Å². The third kappa shape index (κ3) is 4.31. The van der Waals surface area contributed by atoms with Crippen molar-refractivity contribution < 1.29 is 23.1 Å². The van der Waals surface area contributed by atoms with Gasteiger partial charge in [0.1, 0.15) is 0 Å². The van der Waals surface area contributed by atoms with Crippen molar-refractivity contribution in [3.05, 3.63) is 0 Å². The van der Waals surface area contributed by atoms with E-state index >= 15 is 0 Å².